The Labute approximate surface area is 88.2 Å². The Bertz CT molecular complexity index is 116. The topological polar surface area (TPSA) is 32.3 Å². The van der Waals surface area contributed by atoms with E-state index in [-0.39, 0.29) is 0 Å². The zero-order valence-corrected chi connectivity index (χ0v) is 9.25. The normalized spacial score (nSPS) is 14.8. The van der Waals surface area contributed by atoms with Crippen LogP contribution in [0.15, 0.2) is 0 Å². The summed E-state index contributed by atoms with van der Waals surface area (Å²) in [5.74, 6) is 0. The zero-order valence-electron chi connectivity index (χ0n) is 6.99. The predicted octanol–water partition coefficient (Wildman–Crippen LogP) is 2.11. The van der Waals surface area contributed by atoms with E-state index in [1.807, 2.05) is 0 Å². The zero-order chi connectivity index (χ0) is 9.61. The summed E-state index contributed by atoms with van der Waals surface area (Å²) < 4.78 is -1.58. The number of aliphatic hydroxyl groups excluding tert-OH is 1. The van der Waals surface area contributed by atoms with Crippen LogP contribution >= 0.6 is 34.8 Å². The summed E-state index contributed by atoms with van der Waals surface area (Å²) in [4.78, 5) is 0. The van der Waals surface area contributed by atoms with E-state index in [0.29, 0.717) is 6.54 Å². The molecular weight excluding hydrogens is 220 g/mol. The van der Waals surface area contributed by atoms with Crippen molar-refractivity contribution in [2.24, 2.45) is 0 Å². The number of rotatable bonds is 5. The Balaban J connectivity index is 3.38. The molecule has 0 aromatic heterocycles. The van der Waals surface area contributed by atoms with Crippen molar-refractivity contribution in [3.05, 3.63) is 0 Å². The van der Waals surface area contributed by atoms with Crippen LogP contribution < -0.4 is 5.32 Å². The molecule has 0 aliphatic heterocycles. The van der Waals surface area contributed by atoms with Gasteiger partial charge in [-0.3, -0.25) is 0 Å². The molecule has 0 radical (unpaired) electrons. The fourth-order valence-electron chi connectivity index (χ4n) is 0.656. The highest BCUT2D eigenvalue weighted by atomic mass is 35.6. The number of unbranched alkanes of at least 4 members (excludes halogenated alkanes) is 1. The molecule has 0 amide bonds. The van der Waals surface area contributed by atoms with Crippen LogP contribution in [0.3, 0.4) is 0 Å². The average Bonchev–Trinajstić information content (AvgIpc) is 1.96. The number of hydrogen-bond acceptors (Lipinski definition) is 2. The fraction of sp³-hybridized carbons (Fsp3) is 1.00. The Hall–Kier alpha value is 0.790. The van der Waals surface area contributed by atoms with Gasteiger partial charge in [0.2, 0.25) is 3.79 Å². The van der Waals surface area contributed by atoms with Crippen LogP contribution in [0.25, 0.3) is 0 Å². The van der Waals surface area contributed by atoms with Crippen molar-refractivity contribution in [1.82, 2.24) is 5.32 Å². The average molecular weight is 235 g/mol. The lowest BCUT2D eigenvalue weighted by Crippen LogP contribution is -2.36. The van der Waals surface area contributed by atoms with Crippen molar-refractivity contribution in [3.63, 3.8) is 0 Å². The lowest BCUT2D eigenvalue weighted by Gasteiger charge is -2.18. The molecule has 2 N–H and O–H groups in total. The van der Waals surface area contributed by atoms with Gasteiger partial charge in [-0.25, -0.2) is 0 Å². The summed E-state index contributed by atoms with van der Waals surface area (Å²) in [5.41, 5.74) is 0. The van der Waals surface area contributed by atoms with Crippen molar-refractivity contribution < 1.29 is 5.11 Å². The summed E-state index contributed by atoms with van der Waals surface area (Å²) in [7, 11) is 0. The number of nitrogens with one attached hydrogen (secondary N) is 1. The molecule has 0 heterocycles. The molecule has 0 aromatic carbocycles. The van der Waals surface area contributed by atoms with Gasteiger partial charge in [0.05, 0.1) is 0 Å². The molecule has 1 atom stereocenters. The van der Waals surface area contributed by atoms with Gasteiger partial charge in [0.25, 0.3) is 0 Å². The first-order valence-corrected chi connectivity index (χ1v) is 5.07. The van der Waals surface area contributed by atoms with Crippen LogP contribution in [0.5, 0.6) is 0 Å². The van der Waals surface area contributed by atoms with Gasteiger partial charge in [-0.2, -0.15) is 0 Å². The maximum atomic E-state index is 9.23. The van der Waals surface area contributed by atoms with E-state index in [2.05, 4.69) is 12.2 Å². The molecule has 0 saturated carbocycles. The number of halogens is 3. The second kappa shape index (κ2) is 6.28. The third kappa shape index (κ3) is 6.32. The SMILES string of the molecule is CCCCNCC(O)C(Cl)(Cl)Cl. The van der Waals surface area contributed by atoms with Gasteiger partial charge in [-0.15, -0.1) is 0 Å². The third-order valence-electron chi connectivity index (χ3n) is 1.42. The molecule has 0 aromatic rings. The quantitative estimate of drug-likeness (QED) is 0.564. The molecule has 5 heteroatoms. The lowest BCUT2D eigenvalue weighted by atomic mass is 10.3. The first kappa shape index (κ1) is 12.8. The maximum absolute atomic E-state index is 9.23. The molecule has 0 bridgehead atoms. The van der Waals surface area contributed by atoms with Gasteiger partial charge in [-0.1, -0.05) is 48.1 Å². The minimum atomic E-state index is -1.58. The van der Waals surface area contributed by atoms with Crippen molar-refractivity contribution in [3.8, 4) is 0 Å². The molecule has 12 heavy (non-hydrogen) atoms. The molecule has 1 unspecified atom stereocenters. The van der Waals surface area contributed by atoms with Crippen LogP contribution in [0.4, 0.5) is 0 Å². The molecule has 0 spiro atoms. The number of alkyl halides is 3. The van der Waals surface area contributed by atoms with E-state index in [1.54, 1.807) is 0 Å². The van der Waals surface area contributed by atoms with Crippen LogP contribution in [-0.2, 0) is 0 Å². The first-order chi connectivity index (χ1) is 5.48. The summed E-state index contributed by atoms with van der Waals surface area (Å²) in [5, 5.41) is 12.2. The molecule has 74 valence electrons. The highest BCUT2D eigenvalue weighted by Crippen LogP contribution is 2.29. The van der Waals surface area contributed by atoms with E-state index < -0.39 is 9.90 Å². The Kier molecular flexibility index (Phi) is 6.69. The highest BCUT2D eigenvalue weighted by molar-refractivity contribution is 6.68. The van der Waals surface area contributed by atoms with Gasteiger partial charge < -0.3 is 10.4 Å². The molecule has 0 rings (SSSR count). The smallest absolute Gasteiger partial charge is 0.217 e. The van der Waals surface area contributed by atoms with Gasteiger partial charge in [0.15, 0.2) is 0 Å². The van der Waals surface area contributed by atoms with Gasteiger partial charge in [0.1, 0.15) is 6.10 Å². The predicted molar refractivity (Wildman–Crippen MR) is 54.1 cm³/mol. The summed E-state index contributed by atoms with van der Waals surface area (Å²) in [6, 6.07) is 0. The van der Waals surface area contributed by atoms with Gasteiger partial charge >= 0.3 is 0 Å². The summed E-state index contributed by atoms with van der Waals surface area (Å²) in [6.45, 7) is 3.25. The van der Waals surface area contributed by atoms with E-state index in [4.69, 9.17) is 34.8 Å². The van der Waals surface area contributed by atoms with E-state index in [1.165, 1.54) is 0 Å². The third-order valence-corrected chi connectivity index (χ3v) is 2.18. The fourth-order valence-corrected chi connectivity index (χ4v) is 0.888. The minimum Gasteiger partial charge on any atom is -0.387 e. The molecule has 0 saturated heterocycles. The second-order valence-corrected chi connectivity index (χ2v) is 4.98. The van der Waals surface area contributed by atoms with Gasteiger partial charge in [0, 0.05) is 6.54 Å². The monoisotopic (exact) mass is 233 g/mol. The van der Waals surface area contributed by atoms with Crippen LogP contribution in [-0.4, -0.2) is 28.1 Å². The molecule has 0 aliphatic rings. The molecule has 0 aliphatic carbocycles. The second-order valence-electron chi connectivity index (χ2n) is 2.62. The Morgan fingerprint density at radius 1 is 1.42 bits per heavy atom. The van der Waals surface area contributed by atoms with Crippen LogP contribution in [0, 0.1) is 0 Å². The molecule has 0 fully saturated rings. The van der Waals surface area contributed by atoms with Crippen molar-refractivity contribution in [1.29, 1.82) is 0 Å². The van der Waals surface area contributed by atoms with Crippen LogP contribution in [0.1, 0.15) is 19.8 Å². The van der Waals surface area contributed by atoms with Crippen LogP contribution in [0.2, 0.25) is 0 Å². The number of aliphatic hydroxyl groups is 1. The highest BCUT2D eigenvalue weighted by Gasteiger charge is 2.29. The summed E-state index contributed by atoms with van der Waals surface area (Å²) in [6.07, 6.45) is 1.23. The van der Waals surface area contributed by atoms with E-state index >= 15 is 0 Å². The van der Waals surface area contributed by atoms with Crippen molar-refractivity contribution in [2.45, 2.75) is 29.7 Å². The largest absolute Gasteiger partial charge is 0.387 e. The maximum Gasteiger partial charge on any atom is 0.217 e. The Morgan fingerprint density at radius 3 is 2.42 bits per heavy atom. The number of hydrogen-bond donors (Lipinski definition) is 2. The van der Waals surface area contributed by atoms with E-state index in [9.17, 15) is 5.11 Å². The Morgan fingerprint density at radius 2 is 2.00 bits per heavy atom. The molecular formula is C7H14Cl3NO. The van der Waals surface area contributed by atoms with Crippen molar-refractivity contribution >= 4 is 34.8 Å². The van der Waals surface area contributed by atoms with Gasteiger partial charge in [-0.05, 0) is 13.0 Å². The first-order valence-electron chi connectivity index (χ1n) is 3.94. The van der Waals surface area contributed by atoms with E-state index in [0.717, 1.165) is 19.4 Å². The molecule has 2 nitrogen and oxygen atoms in total. The standard InChI is InChI=1S/C7H14Cl3NO/c1-2-3-4-11-5-6(12)7(8,9)10/h6,11-12H,2-5H2,1H3. The summed E-state index contributed by atoms with van der Waals surface area (Å²) >= 11 is 16.3. The lowest BCUT2D eigenvalue weighted by molar-refractivity contribution is 0.175. The minimum absolute atomic E-state index is 0.316. The van der Waals surface area contributed by atoms with Crippen molar-refractivity contribution in [2.75, 3.05) is 13.1 Å².